The summed E-state index contributed by atoms with van der Waals surface area (Å²) < 4.78 is 0. The lowest BCUT2D eigenvalue weighted by Crippen LogP contribution is -2.13. The molecular formula is C14H13ClN2O. The van der Waals surface area contributed by atoms with Crippen LogP contribution >= 0.6 is 11.6 Å². The number of pyridine rings is 1. The molecular weight excluding hydrogens is 248 g/mol. The molecule has 0 radical (unpaired) electrons. The second-order valence-corrected chi connectivity index (χ2v) is 4.33. The number of nitrogens with one attached hydrogen (secondary N) is 1. The third-order valence-electron chi connectivity index (χ3n) is 2.49. The summed E-state index contributed by atoms with van der Waals surface area (Å²) >= 11 is 5.79. The number of rotatable bonds is 4. The van der Waals surface area contributed by atoms with Crippen molar-refractivity contribution in [1.82, 2.24) is 4.98 Å². The third-order valence-corrected chi connectivity index (χ3v) is 2.74. The highest BCUT2D eigenvalue weighted by Gasteiger charge is 2.03. The van der Waals surface area contributed by atoms with E-state index >= 15 is 0 Å². The molecule has 18 heavy (non-hydrogen) atoms. The van der Waals surface area contributed by atoms with E-state index in [1.54, 1.807) is 12.3 Å². The highest BCUT2D eigenvalue weighted by molar-refractivity contribution is 6.30. The van der Waals surface area contributed by atoms with Gasteiger partial charge in [-0.2, -0.15) is 0 Å². The Labute approximate surface area is 111 Å². The predicted octanol–water partition coefficient (Wildman–Crippen LogP) is 3.31. The standard InChI is InChI=1S/C14H13ClN2O/c15-12-7-4-11(5-8-12)6-9-14(18)17-13-3-1-2-10-16-13/h1-5,7-8,10H,6,9H2,(H,16,17,18). The van der Waals surface area contributed by atoms with Crippen molar-refractivity contribution in [2.24, 2.45) is 0 Å². The van der Waals surface area contributed by atoms with E-state index in [9.17, 15) is 4.79 Å². The van der Waals surface area contributed by atoms with Crippen LogP contribution in [0.1, 0.15) is 12.0 Å². The van der Waals surface area contributed by atoms with Crippen molar-refractivity contribution in [2.45, 2.75) is 12.8 Å². The van der Waals surface area contributed by atoms with Gasteiger partial charge in [0, 0.05) is 17.6 Å². The first-order valence-corrected chi connectivity index (χ1v) is 6.07. The van der Waals surface area contributed by atoms with Crippen molar-refractivity contribution in [3.8, 4) is 0 Å². The number of hydrogen-bond donors (Lipinski definition) is 1. The fraction of sp³-hybridized carbons (Fsp3) is 0.143. The Balaban J connectivity index is 1.83. The Bertz CT molecular complexity index is 511. The van der Waals surface area contributed by atoms with Gasteiger partial charge in [-0.1, -0.05) is 29.8 Å². The molecule has 1 N–H and O–H groups in total. The Morgan fingerprint density at radius 2 is 1.94 bits per heavy atom. The maximum atomic E-state index is 11.7. The van der Waals surface area contributed by atoms with Crippen LogP contribution in [-0.2, 0) is 11.2 Å². The van der Waals surface area contributed by atoms with E-state index in [1.807, 2.05) is 36.4 Å². The van der Waals surface area contributed by atoms with Crippen LogP contribution in [-0.4, -0.2) is 10.9 Å². The van der Waals surface area contributed by atoms with Crippen molar-refractivity contribution >= 4 is 23.3 Å². The minimum atomic E-state index is -0.0383. The molecule has 92 valence electrons. The zero-order chi connectivity index (χ0) is 12.8. The zero-order valence-corrected chi connectivity index (χ0v) is 10.5. The first kappa shape index (κ1) is 12.6. The van der Waals surface area contributed by atoms with Crippen LogP contribution in [0, 0.1) is 0 Å². The summed E-state index contributed by atoms with van der Waals surface area (Å²) in [4.78, 5) is 15.7. The van der Waals surface area contributed by atoms with Gasteiger partial charge >= 0.3 is 0 Å². The highest BCUT2D eigenvalue weighted by Crippen LogP contribution is 2.11. The van der Waals surface area contributed by atoms with Crippen molar-refractivity contribution in [3.63, 3.8) is 0 Å². The molecule has 1 amide bonds. The van der Waals surface area contributed by atoms with Gasteiger partial charge in [-0.25, -0.2) is 4.98 Å². The van der Waals surface area contributed by atoms with Crippen molar-refractivity contribution in [3.05, 3.63) is 59.2 Å². The van der Waals surface area contributed by atoms with E-state index in [4.69, 9.17) is 11.6 Å². The van der Waals surface area contributed by atoms with Crippen molar-refractivity contribution < 1.29 is 4.79 Å². The van der Waals surface area contributed by atoms with E-state index in [0.717, 1.165) is 5.56 Å². The average molecular weight is 261 g/mol. The second kappa shape index (κ2) is 6.17. The van der Waals surface area contributed by atoms with Crippen LogP contribution in [0.25, 0.3) is 0 Å². The largest absolute Gasteiger partial charge is 0.311 e. The summed E-state index contributed by atoms with van der Waals surface area (Å²) in [6, 6.07) is 12.9. The molecule has 4 heteroatoms. The van der Waals surface area contributed by atoms with Gasteiger partial charge in [0.25, 0.3) is 0 Å². The molecule has 0 saturated carbocycles. The molecule has 0 aliphatic rings. The molecule has 0 spiro atoms. The fourth-order valence-corrected chi connectivity index (χ4v) is 1.68. The maximum absolute atomic E-state index is 11.7. The van der Waals surface area contributed by atoms with Crippen LogP contribution in [0.3, 0.4) is 0 Å². The highest BCUT2D eigenvalue weighted by atomic mass is 35.5. The second-order valence-electron chi connectivity index (χ2n) is 3.89. The lowest BCUT2D eigenvalue weighted by molar-refractivity contribution is -0.116. The Hall–Kier alpha value is -1.87. The quantitative estimate of drug-likeness (QED) is 0.916. The van der Waals surface area contributed by atoms with E-state index in [1.165, 1.54) is 0 Å². The van der Waals surface area contributed by atoms with Gasteiger partial charge in [-0.15, -0.1) is 0 Å². The molecule has 1 aromatic heterocycles. The number of anilines is 1. The first-order chi connectivity index (χ1) is 8.74. The molecule has 0 aliphatic heterocycles. The first-order valence-electron chi connectivity index (χ1n) is 5.69. The molecule has 0 unspecified atom stereocenters. The molecule has 0 saturated heterocycles. The van der Waals surface area contributed by atoms with Gasteiger partial charge in [-0.05, 0) is 36.2 Å². The molecule has 1 aromatic carbocycles. The molecule has 2 rings (SSSR count). The van der Waals surface area contributed by atoms with E-state index in [0.29, 0.717) is 23.7 Å². The fourth-order valence-electron chi connectivity index (χ4n) is 1.55. The van der Waals surface area contributed by atoms with Gasteiger partial charge < -0.3 is 5.32 Å². The van der Waals surface area contributed by atoms with Crippen LogP contribution < -0.4 is 5.32 Å². The van der Waals surface area contributed by atoms with Crippen LogP contribution in [0.15, 0.2) is 48.7 Å². The molecule has 0 bridgehead atoms. The SMILES string of the molecule is O=C(CCc1ccc(Cl)cc1)Nc1ccccn1. The van der Waals surface area contributed by atoms with Gasteiger partial charge in [-0.3, -0.25) is 4.79 Å². The van der Waals surface area contributed by atoms with E-state index < -0.39 is 0 Å². The van der Waals surface area contributed by atoms with Crippen LogP contribution in [0.5, 0.6) is 0 Å². The Kier molecular flexibility index (Phi) is 4.31. The van der Waals surface area contributed by atoms with Gasteiger partial charge in [0.1, 0.15) is 5.82 Å². The minimum absolute atomic E-state index is 0.0383. The van der Waals surface area contributed by atoms with Gasteiger partial charge in [0.05, 0.1) is 0 Å². The summed E-state index contributed by atoms with van der Waals surface area (Å²) in [7, 11) is 0. The number of benzene rings is 1. The molecule has 1 heterocycles. The predicted molar refractivity (Wildman–Crippen MR) is 72.6 cm³/mol. The third kappa shape index (κ3) is 3.86. The number of carbonyl (C=O) groups is 1. The normalized spacial score (nSPS) is 10.1. The summed E-state index contributed by atoms with van der Waals surface area (Å²) in [5.74, 6) is 0.544. The Morgan fingerprint density at radius 3 is 2.61 bits per heavy atom. The van der Waals surface area contributed by atoms with Crippen LogP contribution in [0.4, 0.5) is 5.82 Å². The lowest BCUT2D eigenvalue weighted by atomic mass is 10.1. The molecule has 2 aromatic rings. The average Bonchev–Trinajstić information content (AvgIpc) is 2.39. The summed E-state index contributed by atoms with van der Waals surface area (Å²) in [5.41, 5.74) is 1.09. The number of aromatic nitrogens is 1. The smallest absolute Gasteiger partial charge is 0.225 e. The summed E-state index contributed by atoms with van der Waals surface area (Å²) in [6.45, 7) is 0. The topological polar surface area (TPSA) is 42.0 Å². The van der Waals surface area contributed by atoms with Crippen molar-refractivity contribution in [1.29, 1.82) is 0 Å². The maximum Gasteiger partial charge on any atom is 0.225 e. The number of hydrogen-bond acceptors (Lipinski definition) is 2. The molecule has 3 nitrogen and oxygen atoms in total. The lowest BCUT2D eigenvalue weighted by Gasteiger charge is -2.04. The van der Waals surface area contributed by atoms with Gasteiger partial charge in [0.2, 0.25) is 5.91 Å². The molecule has 0 atom stereocenters. The number of carbonyl (C=O) groups excluding carboxylic acids is 1. The summed E-state index contributed by atoms with van der Waals surface area (Å²) in [6.07, 6.45) is 2.77. The number of nitrogens with zero attached hydrogens (tertiary/aromatic N) is 1. The Morgan fingerprint density at radius 1 is 1.17 bits per heavy atom. The number of amides is 1. The molecule has 0 aliphatic carbocycles. The van der Waals surface area contributed by atoms with E-state index in [-0.39, 0.29) is 5.91 Å². The van der Waals surface area contributed by atoms with E-state index in [2.05, 4.69) is 10.3 Å². The number of aryl methyl sites for hydroxylation is 1. The number of halogens is 1. The van der Waals surface area contributed by atoms with Crippen molar-refractivity contribution in [2.75, 3.05) is 5.32 Å². The minimum Gasteiger partial charge on any atom is -0.311 e. The summed E-state index contributed by atoms with van der Waals surface area (Å²) in [5, 5.41) is 3.45. The molecule has 0 fully saturated rings. The monoisotopic (exact) mass is 260 g/mol. The van der Waals surface area contributed by atoms with Gasteiger partial charge in [0.15, 0.2) is 0 Å². The zero-order valence-electron chi connectivity index (χ0n) is 9.77. The van der Waals surface area contributed by atoms with Crippen LogP contribution in [0.2, 0.25) is 5.02 Å².